The first kappa shape index (κ1) is 26.9. The molecule has 2 aliphatic rings. The number of nitrogens with one attached hydrogen (secondary N) is 1. The normalized spacial score (nSPS) is 19.8. The highest BCUT2D eigenvalue weighted by Gasteiger charge is 2.38. The summed E-state index contributed by atoms with van der Waals surface area (Å²) in [5.74, 6) is 0.0376. The largest absolute Gasteiger partial charge is 0.487 e. The van der Waals surface area contributed by atoms with E-state index in [0.717, 1.165) is 28.7 Å². The zero-order valence-electron chi connectivity index (χ0n) is 20.4. The van der Waals surface area contributed by atoms with Gasteiger partial charge in [0.15, 0.2) is 0 Å². The molecule has 1 unspecified atom stereocenters. The third kappa shape index (κ3) is 5.54. The molecule has 0 aliphatic carbocycles. The molecule has 3 heterocycles. The third-order valence-electron chi connectivity index (χ3n) is 6.60. The van der Waals surface area contributed by atoms with Gasteiger partial charge in [-0.3, -0.25) is 4.72 Å². The first-order valence-electron chi connectivity index (χ1n) is 11.8. The highest BCUT2D eigenvalue weighted by Crippen LogP contribution is 2.48. The Kier molecular flexibility index (Phi) is 6.95. The van der Waals surface area contributed by atoms with E-state index in [4.69, 9.17) is 16.5 Å². The molecule has 0 bridgehead atoms. The highest BCUT2D eigenvalue weighted by molar-refractivity contribution is 7.93. The van der Waals surface area contributed by atoms with Crippen LogP contribution in [0.5, 0.6) is 5.75 Å². The minimum absolute atomic E-state index is 0.0206. The van der Waals surface area contributed by atoms with Crippen LogP contribution in [0, 0.1) is 0 Å². The molecule has 13 heteroatoms. The number of nitrogens with zero attached hydrogens (tertiary/aromatic N) is 3. The van der Waals surface area contributed by atoms with Gasteiger partial charge in [0.25, 0.3) is 10.0 Å². The Hall–Kier alpha value is -2.67. The van der Waals surface area contributed by atoms with E-state index in [-0.39, 0.29) is 15.9 Å². The van der Waals surface area contributed by atoms with Crippen LogP contribution in [0.15, 0.2) is 53.7 Å². The van der Waals surface area contributed by atoms with E-state index in [2.05, 4.69) is 14.1 Å². The molecule has 0 fully saturated rings. The smallest absolute Gasteiger partial charge is 0.416 e. The van der Waals surface area contributed by atoms with Crippen LogP contribution in [-0.2, 0) is 16.2 Å². The number of benzene rings is 2. The number of alkyl halides is 3. The van der Waals surface area contributed by atoms with Crippen molar-refractivity contribution in [2.24, 2.45) is 0 Å². The van der Waals surface area contributed by atoms with E-state index in [1.807, 2.05) is 19.9 Å². The van der Waals surface area contributed by atoms with Gasteiger partial charge in [-0.1, -0.05) is 18.2 Å². The second-order valence-corrected chi connectivity index (χ2v) is 12.8. The molecule has 202 valence electrons. The van der Waals surface area contributed by atoms with E-state index in [0.29, 0.717) is 42.8 Å². The number of hydrogen-bond acceptors (Lipinski definition) is 7. The molecule has 2 aromatic carbocycles. The van der Waals surface area contributed by atoms with Crippen molar-refractivity contribution in [2.75, 3.05) is 17.8 Å². The Balaban J connectivity index is 1.60. The second-order valence-electron chi connectivity index (χ2n) is 9.82. The number of halogens is 4. The van der Waals surface area contributed by atoms with Crippen molar-refractivity contribution in [1.29, 1.82) is 0 Å². The molecular formula is C25H24ClF3N4O3S2. The van der Waals surface area contributed by atoms with Gasteiger partial charge in [-0.05, 0) is 73.4 Å². The Morgan fingerprint density at radius 2 is 1.95 bits per heavy atom. The highest BCUT2D eigenvalue weighted by atomic mass is 35.5. The number of sulfonamides is 1. The lowest BCUT2D eigenvalue weighted by atomic mass is 9.76. The van der Waals surface area contributed by atoms with E-state index >= 15 is 0 Å². The Morgan fingerprint density at radius 1 is 1.18 bits per heavy atom. The quantitative estimate of drug-likeness (QED) is 0.355. The molecule has 0 spiro atoms. The predicted octanol–water partition coefficient (Wildman–Crippen LogP) is 6.29. The van der Waals surface area contributed by atoms with Gasteiger partial charge in [0.2, 0.25) is 5.13 Å². The molecule has 1 N–H and O–H groups in total. The number of hydrogen-bond donors (Lipinski definition) is 1. The third-order valence-corrected chi connectivity index (χ3v) is 8.95. The van der Waals surface area contributed by atoms with Crippen LogP contribution < -0.4 is 9.46 Å². The lowest BCUT2D eigenvalue weighted by molar-refractivity contribution is -0.137. The number of anilines is 1. The average Bonchev–Trinajstić information content (AvgIpc) is 3.34. The maximum Gasteiger partial charge on any atom is 0.416 e. The molecule has 1 aromatic heterocycles. The monoisotopic (exact) mass is 584 g/mol. The summed E-state index contributed by atoms with van der Waals surface area (Å²) in [6.07, 6.45) is -0.388. The van der Waals surface area contributed by atoms with Gasteiger partial charge in [-0.25, -0.2) is 17.8 Å². The molecule has 3 aromatic rings. The zero-order valence-corrected chi connectivity index (χ0v) is 22.8. The van der Waals surface area contributed by atoms with Gasteiger partial charge >= 0.3 is 6.18 Å². The van der Waals surface area contributed by atoms with Crippen molar-refractivity contribution in [1.82, 2.24) is 13.8 Å². The Morgan fingerprint density at radius 3 is 2.61 bits per heavy atom. The van der Waals surface area contributed by atoms with Gasteiger partial charge in [0.05, 0.1) is 10.5 Å². The minimum atomic E-state index is -4.49. The van der Waals surface area contributed by atoms with E-state index in [1.54, 1.807) is 10.5 Å². The molecule has 0 saturated carbocycles. The minimum Gasteiger partial charge on any atom is -0.487 e. The van der Waals surface area contributed by atoms with Gasteiger partial charge < -0.3 is 4.74 Å². The van der Waals surface area contributed by atoms with Gasteiger partial charge in [-0.2, -0.15) is 17.5 Å². The van der Waals surface area contributed by atoms with Crippen molar-refractivity contribution >= 4 is 44.0 Å². The van der Waals surface area contributed by atoms with Crippen LogP contribution in [0.1, 0.15) is 54.9 Å². The van der Waals surface area contributed by atoms with Crippen LogP contribution in [0.4, 0.5) is 18.3 Å². The van der Waals surface area contributed by atoms with Crippen LogP contribution in [-0.4, -0.2) is 40.9 Å². The van der Waals surface area contributed by atoms with Crippen molar-refractivity contribution in [3.05, 3.63) is 71.1 Å². The molecule has 0 amide bonds. The maximum atomic E-state index is 13.7. The molecule has 7 nitrogen and oxygen atoms in total. The zero-order chi connectivity index (χ0) is 27.3. The molecule has 1 atom stereocenters. The summed E-state index contributed by atoms with van der Waals surface area (Å²) < 4.78 is 80.9. The standard InChI is InChI=1S/C25H24ClF3N4O3S2/c1-24(2)13-21(18-5-3-16(25(27,28)29)11-20(18)15-7-9-33(26)10-8-15)19-6-4-17(12-22(19)36-24)38(34,35)32-23-30-14-31-37-23/h3-7,11-12,14,21H,8-10,13H2,1-2H3,(H,30,31,32). The average molecular weight is 585 g/mol. The van der Waals surface area contributed by atoms with Crippen LogP contribution in [0.2, 0.25) is 0 Å². The van der Waals surface area contributed by atoms with E-state index in [9.17, 15) is 21.6 Å². The first-order chi connectivity index (χ1) is 17.8. The number of ether oxygens (including phenoxy) is 1. The van der Waals surface area contributed by atoms with Crippen molar-refractivity contribution < 1.29 is 26.3 Å². The topological polar surface area (TPSA) is 84.4 Å². The Labute approximate surface area is 227 Å². The summed E-state index contributed by atoms with van der Waals surface area (Å²) in [4.78, 5) is 3.84. The maximum absolute atomic E-state index is 13.7. The van der Waals surface area contributed by atoms with E-state index in [1.165, 1.54) is 30.6 Å². The molecule has 0 saturated heterocycles. The number of rotatable bonds is 5. The molecule has 5 rings (SSSR count). The number of aromatic nitrogens is 2. The first-order valence-corrected chi connectivity index (χ1v) is 14.4. The van der Waals surface area contributed by atoms with Crippen molar-refractivity contribution in [2.45, 2.75) is 49.3 Å². The lowest BCUT2D eigenvalue weighted by Crippen LogP contribution is -2.35. The fourth-order valence-corrected chi connectivity index (χ4v) is 6.70. The summed E-state index contributed by atoms with van der Waals surface area (Å²) in [7, 11) is -3.96. The molecule has 38 heavy (non-hydrogen) atoms. The van der Waals surface area contributed by atoms with Crippen LogP contribution in [0.25, 0.3) is 5.57 Å². The summed E-state index contributed by atoms with van der Waals surface area (Å²) in [6.45, 7) is 4.68. The molecule has 0 radical (unpaired) electrons. The summed E-state index contributed by atoms with van der Waals surface area (Å²) in [6, 6.07) is 8.42. The summed E-state index contributed by atoms with van der Waals surface area (Å²) >= 11 is 7.00. The van der Waals surface area contributed by atoms with Crippen LogP contribution >= 0.6 is 23.3 Å². The fourth-order valence-electron chi connectivity index (χ4n) is 4.87. The SMILES string of the molecule is CC1(C)CC(c2ccc(C(F)(F)F)cc2C2=CCN(Cl)CC2)c2ccc(S(=O)(=O)Nc3ncns3)cc2O1. The molecule has 2 aliphatic heterocycles. The van der Waals surface area contributed by atoms with Crippen molar-refractivity contribution in [3.63, 3.8) is 0 Å². The van der Waals surface area contributed by atoms with Gasteiger partial charge in [0.1, 0.15) is 17.7 Å². The predicted molar refractivity (Wildman–Crippen MR) is 140 cm³/mol. The van der Waals surface area contributed by atoms with Gasteiger partial charge in [-0.15, -0.1) is 0 Å². The van der Waals surface area contributed by atoms with E-state index < -0.39 is 27.4 Å². The van der Waals surface area contributed by atoms with Crippen molar-refractivity contribution in [3.8, 4) is 5.75 Å². The van der Waals surface area contributed by atoms with Crippen LogP contribution in [0.3, 0.4) is 0 Å². The summed E-state index contributed by atoms with van der Waals surface area (Å²) in [5.41, 5.74) is 1.33. The summed E-state index contributed by atoms with van der Waals surface area (Å²) in [5, 5.41) is 0.132. The lowest BCUT2D eigenvalue weighted by Gasteiger charge is -2.39. The Bertz CT molecular complexity index is 1490. The van der Waals surface area contributed by atoms with Gasteiger partial charge in [0, 0.05) is 42.2 Å². The fraction of sp³-hybridized carbons (Fsp3) is 0.360. The number of fused-ring (bicyclic) bond motifs is 1. The second kappa shape index (κ2) is 9.82. The molecular weight excluding hydrogens is 561 g/mol.